The van der Waals surface area contributed by atoms with Crippen molar-refractivity contribution in [3.05, 3.63) is 58.4 Å². The van der Waals surface area contributed by atoms with Crippen LogP contribution in [0.3, 0.4) is 0 Å². The standard InChI is InChI=1S/C16H11ClO6S/c17-24(21,22)8-14-15(9-1-3-10(18)4-2-9)16(20)12-6-5-11(19)7-13(12)23-14/h1-7,18-19H,8H2. The molecule has 0 aliphatic rings. The third-order valence-electron chi connectivity index (χ3n) is 3.41. The average Bonchev–Trinajstić information content (AvgIpc) is 2.47. The molecule has 0 spiro atoms. The maximum absolute atomic E-state index is 12.8. The van der Waals surface area contributed by atoms with Crippen LogP contribution in [-0.2, 0) is 14.8 Å². The van der Waals surface area contributed by atoms with Crippen LogP contribution in [0.5, 0.6) is 11.5 Å². The van der Waals surface area contributed by atoms with Crippen molar-refractivity contribution in [2.75, 3.05) is 0 Å². The fraction of sp³-hybridized carbons (Fsp3) is 0.0625. The van der Waals surface area contributed by atoms with Crippen molar-refractivity contribution in [3.63, 3.8) is 0 Å². The van der Waals surface area contributed by atoms with E-state index < -0.39 is 20.2 Å². The third kappa shape index (κ3) is 3.22. The first-order chi connectivity index (χ1) is 11.2. The maximum Gasteiger partial charge on any atom is 0.239 e. The van der Waals surface area contributed by atoms with Gasteiger partial charge in [-0.1, -0.05) is 12.1 Å². The van der Waals surface area contributed by atoms with Crippen molar-refractivity contribution in [2.45, 2.75) is 5.75 Å². The molecule has 2 aromatic carbocycles. The van der Waals surface area contributed by atoms with Gasteiger partial charge in [0, 0.05) is 16.7 Å². The van der Waals surface area contributed by atoms with Gasteiger partial charge in [-0.3, -0.25) is 4.79 Å². The number of benzene rings is 2. The number of phenolic OH excluding ortho intramolecular Hbond substituents is 2. The second-order valence-electron chi connectivity index (χ2n) is 5.14. The monoisotopic (exact) mass is 366 g/mol. The van der Waals surface area contributed by atoms with E-state index in [1.165, 1.54) is 42.5 Å². The molecule has 0 unspecified atom stereocenters. The van der Waals surface area contributed by atoms with Crippen LogP contribution in [0.2, 0.25) is 0 Å². The van der Waals surface area contributed by atoms with Gasteiger partial charge >= 0.3 is 0 Å². The summed E-state index contributed by atoms with van der Waals surface area (Å²) < 4.78 is 28.5. The lowest BCUT2D eigenvalue weighted by atomic mass is 10.0. The average molecular weight is 367 g/mol. The Morgan fingerprint density at radius 3 is 2.25 bits per heavy atom. The quantitative estimate of drug-likeness (QED) is 0.690. The summed E-state index contributed by atoms with van der Waals surface area (Å²) in [6.45, 7) is 0. The van der Waals surface area contributed by atoms with Crippen molar-refractivity contribution >= 4 is 30.7 Å². The van der Waals surface area contributed by atoms with Crippen LogP contribution in [0.4, 0.5) is 0 Å². The van der Waals surface area contributed by atoms with E-state index in [1.807, 2.05) is 0 Å². The molecule has 0 saturated heterocycles. The van der Waals surface area contributed by atoms with Crippen molar-refractivity contribution in [3.8, 4) is 22.6 Å². The highest BCUT2D eigenvalue weighted by Gasteiger charge is 2.21. The molecule has 0 fully saturated rings. The number of phenols is 2. The Bertz CT molecular complexity index is 1080. The van der Waals surface area contributed by atoms with Gasteiger partial charge in [-0.05, 0) is 29.8 Å². The molecule has 3 rings (SSSR count). The summed E-state index contributed by atoms with van der Waals surface area (Å²) in [5, 5.41) is 19.1. The summed E-state index contributed by atoms with van der Waals surface area (Å²) >= 11 is 0. The molecule has 0 atom stereocenters. The van der Waals surface area contributed by atoms with Gasteiger partial charge in [-0.2, -0.15) is 0 Å². The predicted octanol–water partition coefficient (Wildman–Crippen LogP) is 2.94. The van der Waals surface area contributed by atoms with Crippen molar-refractivity contribution in [1.29, 1.82) is 0 Å². The van der Waals surface area contributed by atoms with E-state index in [4.69, 9.17) is 15.1 Å². The highest BCUT2D eigenvalue weighted by atomic mass is 35.7. The molecule has 6 nitrogen and oxygen atoms in total. The SMILES string of the molecule is O=c1c(-c2ccc(O)cc2)c(CS(=O)(=O)Cl)oc2cc(O)ccc12. The number of hydrogen-bond donors (Lipinski definition) is 2. The van der Waals surface area contributed by atoms with Gasteiger partial charge in [-0.25, -0.2) is 8.42 Å². The Labute approximate surface area is 141 Å². The lowest BCUT2D eigenvalue weighted by molar-refractivity contribution is 0.473. The van der Waals surface area contributed by atoms with Gasteiger partial charge in [0.25, 0.3) is 0 Å². The van der Waals surface area contributed by atoms with Crippen LogP contribution in [0.15, 0.2) is 51.7 Å². The van der Waals surface area contributed by atoms with Crippen LogP contribution in [0.1, 0.15) is 5.76 Å². The van der Waals surface area contributed by atoms with Crippen LogP contribution in [0.25, 0.3) is 22.1 Å². The smallest absolute Gasteiger partial charge is 0.239 e. The number of hydrogen-bond acceptors (Lipinski definition) is 6. The Hall–Kier alpha value is -2.51. The molecular weight excluding hydrogens is 356 g/mol. The molecular formula is C16H11ClO6S. The normalized spacial score (nSPS) is 11.7. The predicted molar refractivity (Wildman–Crippen MR) is 89.7 cm³/mol. The topological polar surface area (TPSA) is 105 Å². The van der Waals surface area contributed by atoms with E-state index >= 15 is 0 Å². The fourth-order valence-corrected chi connectivity index (χ4v) is 3.22. The second-order valence-corrected chi connectivity index (χ2v) is 7.92. The molecule has 3 aromatic rings. The zero-order chi connectivity index (χ0) is 17.5. The van der Waals surface area contributed by atoms with Gasteiger partial charge < -0.3 is 14.6 Å². The minimum atomic E-state index is -3.98. The van der Waals surface area contributed by atoms with E-state index in [-0.39, 0.29) is 33.8 Å². The molecule has 0 bridgehead atoms. The second kappa shape index (κ2) is 5.85. The van der Waals surface area contributed by atoms with Gasteiger partial charge in [0.05, 0.1) is 10.9 Å². The first-order valence-electron chi connectivity index (χ1n) is 6.75. The van der Waals surface area contributed by atoms with E-state index in [0.29, 0.717) is 5.56 Å². The van der Waals surface area contributed by atoms with E-state index in [9.17, 15) is 23.4 Å². The van der Waals surface area contributed by atoms with Gasteiger partial charge in [-0.15, -0.1) is 0 Å². The van der Waals surface area contributed by atoms with E-state index in [1.54, 1.807) is 0 Å². The van der Waals surface area contributed by atoms with Crippen LogP contribution >= 0.6 is 10.7 Å². The van der Waals surface area contributed by atoms with Crippen LogP contribution < -0.4 is 5.43 Å². The van der Waals surface area contributed by atoms with Gasteiger partial charge in [0.1, 0.15) is 28.6 Å². The molecule has 24 heavy (non-hydrogen) atoms. The lowest BCUT2D eigenvalue weighted by Crippen LogP contribution is -2.11. The summed E-state index contributed by atoms with van der Waals surface area (Å²) in [7, 11) is 1.32. The van der Waals surface area contributed by atoms with Gasteiger partial charge in [0.15, 0.2) is 0 Å². The minimum Gasteiger partial charge on any atom is -0.508 e. The summed E-state index contributed by atoms with van der Waals surface area (Å²) in [5.41, 5.74) is 0.0133. The molecule has 0 saturated carbocycles. The summed E-state index contributed by atoms with van der Waals surface area (Å²) in [6.07, 6.45) is 0. The third-order valence-corrected chi connectivity index (χ3v) is 4.34. The Kier molecular flexibility index (Phi) is 3.98. The van der Waals surface area contributed by atoms with Crippen molar-refractivity contribution in [1.82, 2.24) is 0 Å². The lowest BCUT2D eigenvalue weighted by Gasteiger charge is -2.09. The number of aromatic hydroxyl groups is 2. The maximum atomic E-state index is 12.8. The molecule has 0 amide bonds. The van der Waals surface area contributed by atoms with Crippen molar-refractivity contribution in [2.24, 2.45) is 0 Å². The zero-order valence-electron chi connectivity index (χ0n) is 12.1. The van der Waals surface area contributed by atoms with Crippen LogP contribution in [-0.4, -0.2) is 18.6 Å². The highest BCUT2D eigenvalue weighted by Crippen LogP contribution is 2.29. The summed E-state index contributed by atoms with van der Waals surface area (Å²) in [4.78, 5) is 12.8. The Balaban J connectivity index is 2.37. The molecule has 1 heterocycles. The molecule has 0 radical (unpaired) electrons. The summed E-state index contributed by atoms with van der Waals surface area (Å²) in [6, 6.07) is 9.62. The number of halogens is 1. The Morgan fingerprint density at radius 2 is 1.62 bits per heavy atom. The first-order valence-corrected chi connectivity index (χ1v) is 9.23. The zero-order valence-corrected chi connectivity index (χ0v) is 13.6. The largest absolute Gasteiger partial charge is 0.508 e. The fourth-order valence-electron chi connectivity index (χ4n) is 2.41. The van der Waals surface area contributed by atoms with E-state index in [0.717, 1.165) is 0 Å². The highest BCUT2D eigenvalue weighted by molar-refractivity contribution is 8.13. The number of fused-ring (bicyclic) bond motifs is 1. The minimum absolute atomic E-state index is 0.000337. The molecule has 124 valence electrons. The Morgan fingerprint density at radius 1 is 1.00 bits per heavy atom. The molecule has 1 aromatic heterocycles. The van der Waals surface area contributed by atoms with E-state index in [2.05, 4.69) is 0 Å². The molecule has 2 N–H and O–H groups in total. The first kappa shape index (κ1) is 16.4. The van der Waals surface area contributed by atoms with Gasteiger partial charge in [0.2, 0.25) is 14.5 Å². The molecule has 0 aliphatic heterocycles. The summed E-state index contributed by atoms with van der Waals surface area (Å²) in [5.74, 6) is -0.951. The van der Waals surface area contributed by atoms with Crippen LogP contribution in [0, 0.1) is 0 Å². The molecule has 8 heteroatoms. The molecule has 0 aliphatic carbocycles. The van der Waals surface area contributed by atoms with Crippen molar-refractivity contribution < 1.29 is 23.0 Å². The number of rotatable bonds is 3.